The topological polar surface area (TPSA) is 136 Å². The summed E-state index contributed by atoms with van der Waals surface area (Å²) in [6.07, 6.45) is 0. The summed E-state index contributed by atoms with van der Waals surface area (Å²) in [5.41, 5.74) is -0.798. The molecule has 2 rings (SSSR count). The first-order valence-corrected chi connectivity index (χ1v) is 6.94. The van der Waals surface area contributed by atoms with Crippen molar-refractivity contribution in [3.63, 3.8) is 0 Å². The van der Waals surface area contributed by atoms with Crippen molar-refractivity contribution in [2.75, 3.05) is 5.32 Å². The molecule has 0 aromatic heterocycles. The number of amides is 1. The molecule has 0 saturated carbocycles. The summed E-state index contributed by atoms with van der Waals surface area (Å²) >= 11 is 0. The van der Waals surface area contributed by atoms with Crippen LogP contribution in [0.25, 0.3) is 0 Å². The number of carbonyl (C=O) groups excluding carboxylic acids is 4. The number of anilines is 1. The van der Waals surface area contributed by atoms with E-state index in [2.05, 4.69) is 5.32 Å². The summed E-state index contributed by atoms with van der Waals surface area (Å²) in [7, 11) is 0. The molecule has 8 heteroatoms. The Hall–Kier alpha value is -3.68. The lowest BCUT2D eigenvalue weighted by atomic mass is 10.1. The molecule has 1 amide bonds. The third-order valence-electron chi connectivity index (χ3n) is 3.02. The molecular formula is C17H11NO7-2. The van der Waals surface area contributed by atoms with E-state index >= 15 is 0 Å². The highest BCUT2D eigenvalue weighted by Crippen LogP contribution is 2.18. The van der Waals surface area contributed by atoms with Crippen molar-refractivity contribution < 1.29 is 34.1 Å². The van der Waals surface area contributed by atoms with Gasteiger partial charge in [0, 0.05) is 18.2 Å². The zero-order valence-corrected chi connectivity index (χ0v) is 12.9. The minimum atomic E-state index is -1.60. The van der Waals surface area contributed by atoms with E-state index in [0.29, 0.717) is 0 Å². The van der Waals surface area contributed by atoms with Crippen LogP contribution in [0.3, 0.4) is 0 Å². The molecule has 0 radical (unpaired) electrons. The van der Waals surface area contributed by atoms with Crippen molar-refractivity contribution in [1.82, 2.24) is 0 Å². The molecule has 1 N–H and O–H groups in total. The van der Waals surface area contributed by atoms with E-state index in [4.69, 9.17) is 4.74 Å². The molecule has 0 aliphatic heterocycles. The Morgan fingerprint density at radius 2 is 1.48 bits per heavy atom. The van der Waals surface area contributed by atoms with Gasteiger partial charge in [-0.2, -0.15) is 0 Å². The van der Waals surface area contributed by atoms with Gasteiger partial charge in [0.2, 0.25) is 0 Å². The zero-order valence-electron chi connectivity index (χ0n) is 12.9. The fourth-order valence-electron chi connectivity index (χ4n) is 2.01. The third kappa shape index (κ3) is 4.64. The predicted molar refractivity (Wildman–Crippen MR) is 80.8 cm³/mol. The molecule has 2 aromatic rings. The van der Waals surface area contributed by atoms with Gasteiger partial charge >= 0.3 is 5.97 Å². The van der Waals surface area contributed by atoms with E-state index in [1.54, 1.807) is 0 Å². The molecule has 25 heavy (non-hydrogen) atoms. The van der Waals surface area contributed by atoms with Crippen molar-refractivity contribution in [2.45, 2.75) is 6.92 Å². The second-order valence-electron chi connectivity index (χ2n) is 4.95. The molecular weight excluding hydrogens is 330 g/mol. The maximum atomic E-state index is 12.2. The van der Waals surface area contributed by atoms with Gasteiger partial charge in [-0.05, 0) is 47.5 Å². The average Bonchev–Trinajstić information content (AvgIpc) is 2.54. The second-order valence-corrected chi connectivity index (χ2v) is 4.95. The minimum Gasteiger partial charge on any atom is -0.545 e. The first kappa shape index (κ1) is 17.7. The number of hydrogen-bond acceptors (Lipinski definition) is 7. The summed E-state index contributed by atoms with van der Waals surface area (Å²) in [4.78, 5) is 45.1. The van der Waals surface area contributed by atoms with Gasteiger partial charge in [-0.3, -0.25) is 9.59 Å². The first-order chi connectivity index (χ1) is 11.8. The van der Waals surface area contributed by atoms with Gasteiger partial charge in [0.05, 0.1) is 11.9 Å². The van der Waals surface area contributed by atoms with E-state index < -0.39 is 34.9 Å². The molecule has 0 aliphatic rings. The molecule has 2 aromatic carbocycles. The molecule has 0 heterocycles. The summed E-state index contributed by atoms with van der Waals surface area (Å²) in [5.74, 6) is -4.27. The monoisotopic (exact) mass is 341 g/mol. The Balaban J connectivity index is 2.29. The van der Waals surface area contributed by atoms with E-state index in [9.17, 15) is 29.4 Å². The van der Waals surface area contributed by atoms with E-state index in [0.717, 1.165) is 18.2 Å². The maximum Gasteiger partial charge on any atom is 0.308 e. The number of nitrogens with one attached hydrogen (secondary N) is 1. The van der Waals surface area contributed by atoms with Crippen LogP contribution in [-0.2, 0) is 4.79 Å². The van der Waals surface area contributed by atoms with Gasteiger partial charge in [-0.25, -0.2) is 0 Å². The van der Waals surface area contributed by atoms with Crippen LogP contribution in [-0.4, -0.2) is 23.8 Å². The average molecular weight is 341 g/mol. The van der Waals surface area contributed by atoms with Crippen molar-refractivity contribution in [1.29, 1.82) is 0 Å². The summed E-state index contributed by atoms with van der Waals surface area (Å²) in [6, 6.07) is 8.66. The molecule has 0 bridgehead atoms. The van der Waals surface area contributed by atoms with Crippen molar-refractivity contribution in [3.8, 4) is 5.75 Å². The smallest absolute Gasteiger partial charge is 0.308 e. The molecule has 0 unspecified atom stereocenters. The van der Waals surface area contributed by atoms with Crippen LogP contribution < -0.4 is 20.3 Å². The Morgan fingerprint density at radius 1 is 0.880 bits per heavy atom. The first-order valence-electron chi connectivity index (χ1n) is 6.94. The standard InChI is InChI=1S/C17H13NO7/c1-9(19)25-14-4-2-3-10(8-14)15(20)18-13-6-11(16(21)22)5-12(7-13)17(23)24/h2-8H,1H3,(H,18,20)(H,21,22)(H,23,24)/p-2. The SMILES string of the molecule is CC(=O)Oc1cccc(C(=O)Nc2cc(C(=O)[O-])cc(C(=O)[O-])c2)c1. The van der Waals surface area contributed by atoms with Gasteiger partial charge in [0.25, 0.3) is 5.91 Å². The minimum absolute atomic E-state index is 0.0659. The summed E-state index contributed by atoms with van der Waals surface area (Å²) in [6.45, 7) is 1.21. The number of aromatic carboxylic acids is 2. The van der Waals surface area contributed by atoms with E-state index in [1.807, 2.05) is 0 Å². The predicted octanol–water partition coefficient (Wildman–Crippen LogP) is -0.409. The van der Waals surface area contributed by atoms with Gasteiger partial charge in [-0.1, -0.05) is 6.07 Å². The number of ether oxygens (including phenoxy) is 1. The highest BCUT2D eigenvalue weighted by Gasteiger charge is 2.10. The maximum absolute atomic E-state index is 12.2. The van der Waals surface area contributed by atoms with Crippen LogP contribution in [0.1, 0.15) is 38.0 Å². The largest absolute Gasteiger partial charge is 0.545 e. The van der Waals surface area contributed by atoms with Gasteiger partial charge in [0.15, 0.2) is 0 Å². The van der Waals surface area contributed by atoms with Crippen molar-refractivity contribution in [3.05, 3.63) is 59.2 Å². The number of benzene rings is 2. The Labute approximate surface area is 141 Å². The lowest BCUT2D eigenvalue weighted by Gasteiger charge is -2.12. The lowest BCUT2D eigenvalue weighted by Crippen LogP contribution is -2.26. The van der Waals surface area contributed by atoms with Crippen LogP contribution in [0.5, 0.6) is 5.75 Å². The molecule has 0 fully saturated rings. The zero-order chi connectivity index (χ0) is 18.6. The van der Waals surface area contributed by atoms with E-state index in [1.165, 1.54) is 31.2 Å². The van der Waals surface area contributed by atoms with Crippen molar-refractivity contribution >= 4 is 29.5 Å². The van der Waals surface area contributed by atoms with Gasteiger partial charge in [0.1, 0.15) is 5.75 Å². The molecule has 0 atom stereocenters. The van der Waals surface area contributed by atoms with Crippen LogP contribution in [0.4, 0.5) is 5.69 Å². The fraction of sp³-hybridized carbons (Fsp3) is 0.0588. The molecule has 0 saturated heterocycles. The third-order valence-corrected chi connectivity index (χ3v) is 3.02. The van der Waals surface area contributed by atoms with E-state index in [-0.39, 0.29) is 17.0 Å². The number of rotatable bonds is 5. The molecule has 128 valence electrons. The molecule has 8 nitrogen and oxygen atoms in total. The quantitative estimate of drug-likeness (QED) is 0.577. The van der Waals surface area contributed by atoms with Crippen LogP contribution in [0.2, 0.25) is 0 Å². The highest BCUT2D eigenvalue weighted by atomic mass is 16.5. The normalized spacial score (nSPS) is 9.96. The number of carbonyl (C=O) groups is 4. The molecule has 0 spiro atoms. The number of carboxylic acid groups (broad SMARTS) is 2. The molecule has 0 aliphatic carbocycles. The van der Waals surface area contributed by atoms with Gasteiger partial charge < -0.3 is 29.9 Å². The summed E-state index contributed by atoms with van der Waals surface area (Å²) < 4.78 is 4.87. The number of carboxylic acids is 2. The van der Waals surface area contributed by atoms with Crippen LogP contribution >= 0.6 is 0 Å². The Morgan fingerprint density at radius 3 is 2.00 bits per heavy atom. The number of esters is 1. The van der Waals surface area contributed by atoms with Gasteiger partial charge in [-0.15, -0.1) is 0 Å². The van der Waals surface area contributed by atoms with Crippen molar-refractivity contribution in [2.24, 2.45) is 0 Å². The Kier molecular flexibility index (Phi) is 5.13. The second kappa shape index (κ2) is 7.26. The van der Waals surface area contributed by atoms with Crippen LogP contribution in [0.15, 0.2) is 42.5 Å². The summed E-state index contributed by atoms with van der Waals surface area (Å²) in [5, 5.41) is 24.3. The lowest BCUT2D eigenvalue weighted by molar-refractivity contribution is -0.255. The Bertz CT molecular complexity index is 841. The van der Waals surface area contributed by atoms with Crippen LogP contribution in [0, 0.1) is 0 Å². The fourth-order valence-corrected chi connectivity index (χ4v) is 2.01. The number of hydrogen-bond donors (Lipinski definition) is 1. The highest BCUT2D eigenvalue weighted by molar-refractivity contribution is 6.05.